The standard InChI is InChI=1S/C23H25N7O3/c1-15(31)29-9-11-30(12-10-29)18-5-3-16(4-6-18)21(32)27-20-13-17(14-26-22(20)33)19-7-8-25-23(24-2)28-19/h3-8,13-14H,9-12H2,1-2H3,(H,26,33)(H,27,32)(H,24,25,28)/p-1. The summed E-state index contributed by atoms with van der Waals surface area (Å²) in [6, 6.07) is 10.3. The van der Waals surface area contributed by atoms with Crippen LogP contribution in [0.25, 0.3) is 11.3 Å². The Morgan fingerprint density at radius 1 is 1.15 bits per heavy atom. The van der Waals surface area contributed by atoms with Crippen LogP contribution in [-0.4, -0.2) is 64.9 Å². The van der Waals surface area contributed by atoms with Gasteiger partial charge in [0.25, 0.3) is 5.56 Å². The van der Waals surface area contributed by atoms with Gasteiger partial charge in [0.15, 0.2) is 0 Å². The number of nitrogens with zero attached hydrogens (tertiary/aromatic N) is 5. The lowest BCUT2D eigenvalue weighted by Gasteiger charge is -2.35. The van der Waals surface area contributed by atoms with Gasteiger partial charge in [-0.25, -0.2) is 9.97 Å². The second-order valence-electron chi connectivity index (χ2n) is 7.58. The number of pyridine rings is 1. The lowest BCUT2D eigenvalue weighted by molar-refractivity contribution is -0.212. The van der Waals surface area contributed by atoms with Gasteiger partial charge in [-0.3, -0.25) is 14.6 Å². The van der Waals surface area contributed by atoms with E-state index in [4.69, 9.17) is 0 Å². The van der Waals surface area contributed by atoms with Gasteiger partial charge < -0.3 is 25.2 Å². The SMILES string of the molecule is CNc1nccc(-c2c[nH]c(=O)c(N=C([O-])c3ccc(N4CCN(C(C)=O)CC4)cc3)c2)n1. The first kappa shape index (κ1) is 22.0. The van der Waals surface area contributed by atoms with Crippen molar-refractivity contribution < 1.29 is 9.90 Å². The molecule has 0 saturated carbocycles. The average Bonchev–Trinajstić information content (AvgIpc) is 2.85. The third-order valence-corrected chi connectivity index (χ3v) is 5.48. The first-order valence-corrected chi connectivity index (χ1v) is 10.5. The summed E-state index contributed by atoms with van der Waals surface area (Å²) < 4.78 is 0. The molecule has 0 bridgehead atoms. The first-order chi connectivity index (χ1) is 15.9. The Balaban J connectivity index is 1.53. The lowest BCUT2D eigenvalue weighted by atomic mass is 10.1. The van der Waals surface area contributed by atoms with Crippen LogP contribution in [0.4, 0.5) is 17.3 Å². The van der Waals surface area contributed by atoms with E-state index in [-0.39, 0.29) is 11.6 Å². The second kappa shape index (κ2) is 9.51. The molecule has 2 N–H and O–H groups in total. The summed E-state index contributed by atoms with van der Waals surface area (Å²) in [5, 5.41) is 15.6. The van der Waals surface area contributed by atoms with Gasteiger partial charge in [-0.05, 0) is 35.7 Å². The Morgan fingerprint density at radius 2 is 1.88 bits per heavy atom. The number of piperazine rings is 1. The highest BCUT2D eigenvalue weighted by Crippen LogP contribution is 2.21. The number of hydrogen-bond acceptors (Lipinski definition) is 8. The van der Waals surface area contributed by atoms with Gasteiger partial charge in [0.2, 0.25) is 11.9 Å². The van der Waals surface area contributed by atoms with E-state index >= 15 is 0 Å². The van der Waals surface area contributed by atoms with Gasteiger partial charge in [-0.1, -0.05) is 12.1 Å². The molecule has 10 nitrogen and oxygen atoms in total. The van der Waals surface area contributed by atoms with E-state index in [2.05, 4.69) is 30.2 Å². The number of aromatic nitrogens is 3. The molecule has 0 atom stereocenters. The van der Waals surface area contributed by atoms with Crippen LogP contribution in [-0.2, 0) is 4.79 Å². The van der Waals surface area contributed by atoms with E-state index in [9.17, 15) is 14.7 Å². The molecule has 170 valence electrons. The molecular formula is C23H24N7O3-. The normalized spacial score (nSPS) is 14.3. The molecule has 1 amide bonds. The largest absolute Gasteiger partial charge is 0.858 e. The highest BCUT2D eigenvalue weighted by atomic mass is 16.3. The Bertz CT molecular complexity index is 1230. The van der Waals surface area contributed by atoms with Crippen molar-refractivity contribution >= 4 is 29.1 Å². The van der Waals surface area contributed by atoms with E-state index in [1.54, 1.807) is 38.4 Å². The topological polar surface area (TPSA) is 130 Å². The average molecular weight is 446 g/mol. The number of carbonyl (C=O) groups excluding carboxylic acids is 1. The van der Waals surface area contributed by atoms with Gasteiger partial charge in [-0.2, -0.15) is 0 Å². The van der Waals surface area contributed by atoms with Crippen LogP contribution in [0.1, 0.15) is 12.5 Å². The molecule has 3 heterocycles. The maximum atomic E-state index is 12.7. The van der Waals surface area contributed by atoms with Crippen LogP contribution in [0.3, 0.4) is 0 Å². The third-order valence-electron chi connectivity index (χ3n) is 5.48. The zero-order chi connectivity index (χ0) is 23.4. The minimum atomic E-state index is -0.510. The van der Waals surface area contributed by atoms with Gasteiger partial charge in [0.1, 0.15) is 5.69 Å². The van der Waals surface area contributed by atoms with E-state index in [1.807, 2.05) is 17.0 Å². The molecular weight excluding hydrogens is 422 g/mol. The van der Waals surface area contributed by atoms with Crippen LogP contribution in [0, 0.1) is 0 Å². The van der Waals surface area contributed by atoms with Crippen molar-refractivity contribution in [1.29, 1.82) is 0 Å². The summed E-state index contributed by atoms with van der Waals surface area (Å²) in [6.45, 7) is 4.39. The molecule has 0 unspecified atom stereocenters. The number of aliphatic imine (C=N–C) groups is 1. The molecule has 3 aromatic rings. The Hall–Kier alpha value is -4.21. The summed E-state index contributed by atoms with van der Waals surface area (Å²) in [5.74, 6) is 0.0127. The second-order valence-corrected chi connectivity index (χ2v) is 7.58. The molecule has 1 aliphatic rings. The molecule has 33 heavy (non-hydrogen) atoms. The lowest BCUT2D eigenvalue weighted by Crippen LogP contribution is -2.48. The van der Waals surface area contributed by atoms with Gasteiger partial charge in [0.05, 0.1) is 5.69 Å². The number of anilines is 2. The number of H-pyrrole nitrogens is 1. The van der Waals surface area contributed by atoms with Crippen molar-refractivity contribution in [3.8, 4) is 11.3 Å². The molecule has 1 saturated heterocycles. The van der Waals surface area contributed by atoms with Gasteiger partial charge in [0, 0.05) is 63.8 Å². The van der Waals surface area contributed by atoms with Crippen LogP contribution in [0.2, 0.25) is 0 Å². The quantitative estimate of drug-likeness (QED) is 0.441. The molecule has 4 rings (SSSR count). The zero-order valence-corrected chi connectivity index (χ0v) is 18.4. The summed E-state index contributed by atoms with van der Waals surface area (Å²) in [4.78, 5) is 42.8. The van der Waals surface area contributed by atoms with E-state index in [0.29, 0.717) is 35.9 Å². The van der Waals surface area contributed by atoms with Gasteiger partial charge >= 0.3 is 0 Å². The van der Waals surface area contributed by atoms with Crippen LogP contribution < -0.4 is 20.9 Å². The Kier molecular flexibility index (Phi) is 6.34. The highest BCUT2D eigenvalue weighted by molar-refractivity contribution is 5.93. The fourth-order valence-electron chi connectivity index (χ4n) is 3.61. The Morgan fingerprint density at radius 3 is 2.55 bits per heavy atom. The first-order valence-electron chi connectivity index (χ1n) is 10.5. The predicted molar refractivity (Wildman–Crippen MR) is 125 cm³/mol. The number of carbonyl (C=O) groups is 1. The number of benzene rings is 1. The molecule has 10 heteroatoms. The monoisotopic (exact) mass is 446 g/mol. The van der Waals surface area contributed by atoms with Crippen LogP contribution >= 0.6 is 0 Å². The minimum Gasteiger partial charge on any atom is -0.858 e. The highest BCUT2D eigenvalue weighted by Gasteiger charge is 2.18. The van der Waals surface area contributed by atoms with Gasteiger partial charge in [-0.15, -0.1) is 0 Å². The van der Waals surface area contributed by atoms with Crippen LogP contribution in [0.15, 0.2) is 58.6 Å². The minimum absolute atomic E-state index is 0.00607. The number of aromatic amines is 1. The van der Waals surface area contributed by atoms with Crippen molar-refractivity contribution in [3.63, 3.8) is 0 Å². The van der Waals surface area contributed by atoms with Crippen molar-refractivity contribution in [2.75, 3.05) is 43.4 Å². The van der Waals surface area contributed by atoms with Crippen molar-refractivity contribution in [2.45, 2.75) is 6.92 Å². The van der Waals surface area contributed by atoms with Crippen molar-refractivity contribution in [3.05, 3.63) is 64.7 Å². The molecule has 1 fully saturated rings. The number of rotatable bonds is 5. The molecule has 1 aliphatic heterocycles. The third kappa shape index (κ3) is 5.00. The van der Waals surface area contributed by atoms with E-state index < -0.39 is 11.5 Å². The summed E-state index contributed by atoms with van der Waals surface area (Å²) >= 11 is 0. The van der Waals surface area contributed by atoms with E-state index in [0.717, 1.165) is 18.8 Å². The summed E-state index contributed by atoms with van der Waals surface area (Å²) in [5.41, 5.74) is 2.09. The number of amides is 1. The fourth-order valence-corrected chi connectivity index (χ4v) is 3.61. The number of hydrogen-bond donors (Lipinski definition) is 2. The van der Waals surface area contributed by atoms with E-state index in [1.165, 1.54) is 12.3 Å². The number of nitrogens with one attached hydrogen (secondary N) is 2. The molecule has 2 aromatic heterocycles. The molecule has 0 spiro atoms. The molecule has 1 aromatic carbocycles. The fraction of sp³-hybridized carbons (Fsp3) is 0.261. The van der Waals surface area contributed by atoms with Crippen molar-refractivity contribution in [2.24, 2.45) is 4.99 Å². The predicted octanol–water partition coefficient (Wildman–Crippen LogP) is 0.981. The molecule has 0 aliphatic carbocycles. The van der Waals surface area contributed by atoms with Crippen LogP contribution in [0.5, 0.6) is 0 Å². The smallest absolute Gasteiger partial charge is 0.273 e. The summed E-state index contributed by atoms with van der Waals surface area (Å²) in [6.07, 6.45) is 3.12. The maximum Gasteiger partial charge on any atom is 0.273 e. The van der Waals surface area contributed by atoms with Crippen molar-refractivity contribution in [1.82, 2.24) is 19.9 Å². The zero-order valence-electron chi connectivity index (χ0n) is 18.4. The summed E-state index contributed by atoms with van der Waals surface area (Å²) in [7, 11) is 1.71. The maximum absolute atomic E-state index is 12.7. The Labute approximate surface area is 190 Å². The molecule has 0 radical (unpaired) electrons.